The number of aryl methyl sites for hydroxylation is 2. The van der Waals surface area contributed by atoms with E-state index in [0.717, 1.165) is 11.3 Å². The van der Waals surface area contributed by atoms with Crippen LogP contribution in [0.4, 0.5) is 4.39 Å². The van der Waals surface area contributed by atoms with Gasteiger partial charge in [-0.15, -0.1) is 0 Å². The second-order valence-corrected chi connectivity index (χ2v) is 6.37. The summed E-state index contributed by atoms with van der Waals surface area (Å²) in [7, 11) is 0. The van der Waals surface area contributed by atoms with Crippen LogP contribution in [-0.4, -0.2) is 16.0 Å². The van der Waals surface area contributed by atoms with E-state index in [1.165, 1.54) is 24.4 Å². The van der Waals surface area contributed by atoms with Gasteiger partial charge in [-0.05, 0) is 60.1 Å². The molecule has 3 rings (SSSR count). The van der Waals surface area contributed by atoms with Crippen molar-refractivity contribution in [2.75, 3.05) is 0 Å². The second kappa shape index (κ2) is 7.65. The molecule has 2 aromatic heterocycles. The normalized spacial score (nSPS) is 10.6. The minimum Gasteiger partial charge on any atom is -0.437 e. The Balaban J connectivity index is 1.79. The molecule has 2 heterocycles. The van der Waals surface area contributed by atoms with Gasteiger partial charge in [-0.3, -0.25) is 4.79 Å². The summed E-state index contributed by atoms with van der Waals surface area (Å²) in [5, 5.41) is 6.66. The van der Waals surface area contributed by atoms with E-state index < -0.39 is 5.82 Å². The number of ether oxygens (including phenoxy) is 1. The average Bonchev–Trinajstić information content (AvgIpc) is 2.94. The van der Waals surface area contributed by atoms with E-state index in [1.54, 1.807) is 19.1 Å². The highest BCUT2D eigenvalue weighted by Gasteiger charge is 2.17. The van der Waals surface area contributed by atoms with E-state index in [4.69, 9.17) is 9.26 Å². The number of carbonyl (C=O) groups is 1. The summed E-state index contributed by atoms with van der Waals surface area (Å²) in [6.45, 7) is 3.86. The number of nitrogens with zero attached hydrogens (tertiary/aromatic N) is 2. The van der Waals surface area contributed by atoms with Gasteiger partial charge >= 0.3 is 0 Å². The van der Waals surface area contributed by atoms with Crippen molar-refractivity contribution >= 4 is 21.8 Å². The molecule has 0 aliphatic carbocycles. The van der Waals surface area contributed by atoms with Crippen LogP contribution in [-0.2, 0) is 6.54 Å². The molecule has 1 N–H and O–H groups in total. The molecular weight excluding hydrogens is 405 g/mol. The van der Waals surface area contributed by atoms with E-state index in [-0.39, 0.29) is 23.9 Å². The topological polar surface area (TPSA) is 77.3 Å². The van der Waals surface area contributed by atoms with Crippen LogP contribution >= 0.6 is 15.9 Å². The molecule has 0 aliphatic heterocycles. The lowest BCUT2D eigenvalue weighted by atomic mass is 10.2. The highest BCUT2D eigenvalue weighted by Crippen LogP contribution is 2.30. The molecule has 0 bridgehead atoms. The van der Waals surface area contributed by atoms with Crippen molar-refractivity contribution in [3.05, 3.63) is 69.4 Å². The Morgan fingerprint density at radius 2 is 2.15 bits per heavy atom. The third-order valence-corrected chi connectivity index (χ3v) is 4.34. The smallest absolute Gasteiger partial charge is 0.257 e. The molecular formula is C18H15BrFN3O3. The van der Waals surface area contributed by atoms with Crippen molar-refractivity contribution in [1.82, 2.24) is 15.5 Å². The fourth-order valence-electron chi connectivity index (χ4n) is 2.33. The molecule has 0 saturated carbocycles. The van der Waals surface area contributed by atoms with Crippen molar-refractivity contribution in [3.8, 4) is 11.6 Å². The fraction of sp³-hybridized carbons (Fsp3) is 0.167. The summed E-state index contributed by atoms with van der Waals surface area (Å²) in [5.41, 5.74) is 1.81. The zero-order valence-electron chi connectivity index (χ0n) is 14.0. The van der Waals surface area contributed by atoms with Gasteiger partial charge in [0.25, 0.3) is 5.91 Å². The quantitative estimate of drug-likeness (QED) is 0.666. The Hall–Kier alpha value is -2.74. The molecule has 0 aliphatic rings. The Morgan fingerprint density at radius 1 is 1.35 bits per heavy atom. The van der Waals surface area contributed by atoms with E-state index in [9.17, 15) is 9.18 Å². The van der Waals surface area contributed by atoms with Crippen molar-refractivity contribution < 1.29 is 18.4 Å². The van der Waals surface area contributed by atoms with Gasteiger partial charge in [0.15, 0.2) is 0 Å². The SMILES string of the molecule is Cc1noc(C)c1CNC(=O)c1cccnc1Oc1ccc(F)cc1Br. The highest BCUT2D eigenvalue weighted by molar-refractivity contribution is 9.10. The lowest BCUT2D eigenvalue weighted by molar-refractivity contribution is 0.0948. The number of nitrogens with one attached hydrogen (secondary N) is 1. The number of amides is 1. The van der Waals surface area contributed by atoms with Crippen molar-refractivity contribution in [2.24, 2.45) is 0 Å². The summed E-state index contributed by atoms with van der Waals surface area (Å²) in [4.78, 5) is 16.7. The van der Waals surface area contributed by atoms with Crippen LogP contribution in [0, 0.1) is 19.7 Å². The minimum atomic E-state index is -0.400. The van der Waals surface area contributed by atoms with E-state index >= 15 is 0 Å². The molecule has 0 unspecified atom stereocenters. The predicted molar refractivity (Wildman–Crippen MR) is 95.6 cm³/mol. The number of aromatic nitrogens is 2. The van der Waals surface area contributed by atoms with Crippen molar-refractivity contribution in [2.45, 2.75) is 20.4 Å². The summed E-state index contributed by atoms with van der Waals surface area (Å²) in [6.07, 6.45) is 1.51. The van der Waals surface area contributed by atoms with E-state index in [0.29, 0.717) is 16.0 Å². The number of hydrogen-bond acceptors (Lipinski definition) is 5. The molecule has 26 heavy (non-hydrogen) atoms. The monoisotopic (exact) mass is 419 g/mol. The Morgan fingerprint density at radius 3 is 2.85 bits per heavy atom. The van der Waals surface area contributed by atoms with Gasteiger partial charge in [-0.2, -0.15) is 0 Å². The summed E-state index contributed by atoms with van der Waals surface area (Å²) in [5.74, 6) is 0.371. The van der Waals surface area contributed by atoms with Crippen LogP contribution in [0.25, 0.3) is 0 Å². The van der Waals surface area contributed by atoms with Gasteiger partial charge in [-0.1, -0.05) is 5.16 Å². The maximum atomic E-state index is 13.2. The lowest BCUT2D eigenvalue weighted by Gasteiger charge is -2.11. The first kappa shape index (κ1) is 18.1. The molecule has 0 fully saturated rings. The number of benzene rings is 1. The summed E-state index contributed by atoms with van der Waals surface area (Å²) < 4.78 is 24.4. The van der Waals surface area contributed by atoms with Gasteiger partial charge < -0.3 is 14.6 Å². The minimum absolute atomic E-state index is 0.121. The maximum absolute atomic E-state index is 13.2. The number of hydrogen-bond donors (Lipinski definition) is 1. The van der Waals surface area contributed by atoms with Gasteiger partial charge in [0.1, 0.15) is 22.9 Å². The van der Waals surface area contributed by atoms with Crippen molar-refractivity contribution in [3.63, 3.8) is 0 Å². The van der Waals surface area contributed by atoms with Gasteiger partial charge in [0, 0.05) is 18.3 Å². The second-order valence-electron chi connectivity index (χ2n) is 5.52. The predicted octanol–water partition coefficient (Wildman–Crippen LogP) is 4.31. The lowest BCUT2D eigenvalue weighted by Crippen LogP contribution is -2.24. The van der Waals surface area contributed by atoms with E-state index in [2.05, 4.69) is 31.4 Å². The molecule has 0 atom stereocenters. The zero-order valence-corrected chi connectivity index (χ0v) is 15.6. The average molecular weight is 420 g/mol. The molecule has 1 aromatic carbocycles. The first-order chi connectivity index (χ1) is 12.5. The standard InChI is InChI=1S/C18H15BrFN3O3/c1-10-14(11(2)26-23-10)9-22-17(24)13-4-3-7-21-18(13)25-16-6-5-12(20)8-15(16)19/h3-8H,9H2,1-2H3,(H,22,24). The number of halogens is 2. The Kier molecular flexibility index (Phi) is 5.32. The van der Waals surface area contributed by atoms with Gasteiger partial charge in [-0.25, -0.2) is 9.37 Å². The summed E-state index contributed by atoms with van der Waals surface area (Å²) in [6, 6.07) is 7.23. The first-order valence-electron chi connectivity index (χ1n) is 7.73. The van der Waals surface area contributed by atoms with Crippen LogP contribution in [0.3, 0.4) is 0 Å². The van der Waals surface area contributed by atoms with Gasteiger partial charge in [0.2, 0.25) is 5.88 Å². The van der Waals surface area contributed by atoms with E-state index in [1.807, 2.05) is 6.92 Å². The molecule has 0 radical (unpaired) electrons. The molecule has 0 spiro atoms. The molecule has 3 aromatic rings. The van der Waals surface area contributed by atoms with Crippen LogP contribution in [0.15, 0.2) is 45.5 Å². The number of pyridine rings is 1. The first-order valence-corrected chi connectivity index (χ1v) is 8.53. The number of rotatable bonds is 5. The van der Waals surface area contributed by atoms with Crippen molar-refractivity contribution in [1.29, 1.82) is 0 Å². The molecule has 0 saturated heterocycles. The van der Waals surface area contributed by atoms with Crippen LogP contribution in [0.5, 0.6) is 11.6 Å². The molecule has 8 heteroatoms. The zero-order chi connectivity index (χ0) is 18.7. The third-order valence-electron chi connectivity index (χ3n) is 3.72. The van der Waals surface area contributed by atoms with Crippen LogP contribution < -0.4 is 10.1 Å². The maximum Gasteiger partial charge on any atom is 0.257 e. The summed E-state index contributed by atoms with van der Waals surface area (Å²) >= 11 is 3.23. The molecule has 6 nitrogen and oxygen atoms in total. The molecule has 134 valence electrons. The fourth-order valence-corrected chi connectivity index (χ4v) is 2.76. The largest absolute Gasteiger partial charge is 0.437 e. The van der Waals surface area contributed by atoms with Gasteiger partial charge in [0.05, 0.1) is 10.2 Å². The van der Waals surface area contributed by atoms with Crippen LogP contribution in [0.1, 0.15) is 27.4 Å². The Bertz CT molecular complexity index is 939. The third kappa shape index (κ3) is 3.91. The van der Waals surface area contributed by atoms with Crippen LogP contribution in [0.2, 0.25) is 0 Å². The Labute approximate surface area is 157 Å². The highest BCUT2D eigenvalue weighted by atomic mass is 79.9. The number of carbonyl (C=O) groups excluding carboxylic acids is 1. The molecule has 1 amide bonds.